The Morgan fingerprint density at radius 2 is 2.17 bits per heavy atom. The van der Waals surface area contributed by atoms with Crippen molar-refractivity contribution in [3.63, 3.8) is 0 Å². The van der Waals surface area contributed by atoms with Crippen molar-refractivity contribution in [3.05, 3.63) is 35.1 Å². The molecule has 0 heterocycles. The first-order valence-electron chi connectivity index (χ1n) is 4.11. The zero-order valence-electron chi connectivity index (χ0n) is 7.11. The summed E-state index contributed by atoms with van der Waals surface area (Å²) in [6, 6.07) is 5.28. The van der Waals surface area contributed by atoms with Gasteiger partial charge in [0.1, 0.15) is 5.82 Å². The van der Waals surface area contributed by atoms with Crippen molar-refractivity contribution in [1.29, 1.82) is 0 Å². The first kappa shape index (κ1) is 9.72. The minimum Gasteiger partial charge on any atom is -0.207 e. The fraction of sp³-hybridized carbons (Fsp3) is 0.400. The quantitative estimate of drug-likeness (QED) is 0.696. The van der Waals surface area contributed by atoms with Crippen LogP contribution in [0, 0.1) is 5.82 Å². The van der Waals surface area contributed by atoms with Gasteiger partial charge in [-0.25, -0.2) is 4.39 Å². The summed E-state index contributed by atoms with van der Waals surface area (Å²) in [4.78, 5) is 0. The Balaban J connectivity index is 2.91. The van der Waals surface area contributed by atoms with Gasteiger partial charge in [0, 0.05) is 5.33 Å². The average molecular weight is 231 g/mol. The van der Waals surface area contributed by atoms with Crippen LogP contribution >= 0.6 is 15.9 Å². The normalized spacial score (nSPS) is 10.2. The van der Waals surface area contributed by atoms with Gasteiger partial charge in [-0.1, -0.05) is 41.4 Å². The molecule has 0 unspecified atom stereocenters. The number of aryl methyl sites for hydroxylation is 1. The fourth-order valence-electron chi connectivity index (χ4n) is 1.17. The molecule has 0 fully saturated rings. The number of halogens is 2. The van der Waals surface area contributed by atoms with Gasteiger partial charge in [-0.2, -0.15) is 0 Å². The summed E-state index contributed by atoms with van der Waals surface area (Å²) in [6.07, 6.45) is 1.81. The van der Waals surface area contributed by atoms with Crippen molar-refractivity contribution in [3.8, 4) is 0 Å². The molecule has 0 aliphatic heterocycles. The van der Waals surface area contributed by atoms with Gasteiger partial charge in [0.15, 0.2) is 0 Å². The third-order valence-electron chi connectivity index (χ3n) is 1.78. The van der Waals surface area contributed by atoms with Crippen LogP contribution < -0.4 is 0 Å². The molecule has 66 valence electrons. The highest BCUT2D eigenvalue weighted by Crippen LogP contribution is 2.14. The predicted molar refractivity (Wildman–Crippen MR) is 53.0 cm³/mol. The summed E-state index contributed by atoms with van der Waals surface area (Å²) in [5.41, 5.74) is 1.97. The number of alkyl halides is 1. The molecule has 1 rings (SSSR count). The first-order valence-corrected chi connectivity index (χ1v) is 5.23. The van der Waals surface area contributed by atoms with E-state index < -0.39 is 0 Å². The topological polar surface area (TPSA) is 0 Å². The Hall–Kier alpha value is -0.370. The molecule has 0 saturated carbocycles. The van der Waals surface area contributed by atoms with Crippen LogP contribution in [0.2, 0.25) is 0 Å². The lowest BCUT2D eigenvalue weighted by atomic mass is 10.1. The van der Waals surface area contributed by atoms with Crippen LogP contribution in [-0.4, -0.2) is 0 Å². The SMILES string of the molecule is CCCc1cc(CBr)ccc1F. The fourth-order valence-corrected chi connectivity index (χ4v) is 1.52. The third kappa shape index (κ3) is 2.31. The van der Waals surface area contributed by atoms with Crippen molar-refractivity contribution < 1.29 is 4.39 Å². The molecule has 0 saturated heterocycles. The molecule has 0 atom stereocenters. The van der Waals surface area contributed by atoms with E-state index in [1.807, 2.05) is 12.1 Å². The van der Waals surface area contributed by atoms with E-state index in [4.69, 9.17) is 0 Å². The number of benzene rings is 1. The number of rotatable bonds is 3. The molecule has 0 N–H and O–H groups in total. The standard InChI is InChI=1S/C10H12BrF/c1-2-3-9-6-8(7-11)4-5-10(9)12/h4-6H,2-3,7H2,1H3. The predicted octanol–water partition coefficient (Wildman–Crippen LogP) is 3.67. The molecule has 1 aromatic rings. The summed E-state index contributed by atoms with van der Waals surface area (Å²) in [5.74, 6) is -0.0819. The lowest BCUT2D eigenvalue weighted by molar-refractivity contribution is 0.607. The molecule has 12 heavy (non-hydrogen) atoms. The maximum atomic E-state index is 13.1. The Morgan fingerprint density at radius 1 is 1.42 bits per heavy atom. The lowest BCUT2D eigenvalue weighted by Crippen LogP contribution is -1.91. The summed E-state index contributed by atoms with van der Waals surface area (Å²) in [5, 5.41) is 0.796. The van der Waals surface area contributed by atoms with Crippen LogP contribution in [0.3, 0.4) is 0 Å². The van der Waals surface area contributed by atoms with Gasteiger partial charge in [0.25, 0.3) is 0 Å². The van der Waals surface area contributed by atoms with Gasteiger partial charge in [-0.15, -0.1) is 0 Å². The molecule has 2 heteroatoms. The first-order chi connectivity index (χ1) is 5.77. The van der Waals surface area contributed by atoms with E-state index >= 15 is 0 Å². The molecule has 0 aliphatic rings. The molecule has 0 amide bonds. The summed E-state index contributed by atoms with van der Waals surface area (Å²) in [7, 11) is 0. The minimum atomic E-state index is -0.0819. The second-order valence-corrected chi connectivity index (χ2v) is 3.37. The molecule has 0 aromatic heterocycles. The van der Waals surface area contributed by atoms with E-state index in [-0.39, 0.29) is 5.82 Å². The number of hydrogen-bond acceptors (Lipinski definition) is 0. The number of hydrogen-bond donors (Lipinski definition) is 0. The van der Waals surface area contributed by atoms with Gasteiger partial charge < -0.3 is 0 Å². The van der Waals surface area contributed by atoms with E-state index in [9.17, 15) is 4.39 Å². The van der Waals surface area contributed by atoms with Gasteiger partial charge in [0.2, 0.25) is 0 Å². The van der Waals surface area contributed by atoms with Crippen LogP contribution in [0.1, 0.15) is 24.5 Å². The third-order valence-corrected chi connectivity index (χ3v) is 2.43. The van der Waals surface area contributed by atoms with Crippen molar-refractivity contribution in [1.82, 2.24) is 0 Å². The molecular formula is C10H12BrF. The Bertz CT molecular complexity index is 258. The Labute approximate surface area is 80.9 Å². The van der Waals surface area contributed by atoms with Crippen LogP contribution in [0.5, 0.6) is 0 Å². The van der Waals surface area contributed by atoms with E-state index in [2.05, 4.69) is 22.9 Å². The molecular weight excluding hydrogens is 219 g/mol. The van der Waals surface area contributed by atoms with Crippen LogP contribution in [0.15, 0.2) is 18.2 Å². The molecule has 0 nitrogen and oxygen atoms in total. The zero-order chi connectivity index (χ0) is 8.97. The van der Waals surface area contributed by atoms with Gasteiger partial charge in [-0.05, 0) is 23.6 Å². The van der Waals surface area contributed by atoms with E-state index in [1.165, 1.54) is 0 Å². The second-order valence-electron chi connectivity index (χ2n) is 2.81. The van der Waals surface area contributed by atoms with Crippen molar-refractivity contribution in [2.75, 3.05) is 0 Å². The second kappa shape index (κ2) is 4.61. The Morgan fingerprint density at radius 3 is 2.75 bits per heavy atom. The molecule has 0 radical (unpaired) electrons. The molecule has 0 aliphatic carbocycles. The van der Waals surface area contributed by atoms with Gasteiger partial charge in [-0.3, -0.25) is 0 Å². The minimum absolute atomic E-state index is 0.0819. The van der Waals surface area contributed by atoms with Gasteiger partial charge >= 0.3 is 0 Å². The maximum absolute atomic E-state index is 13.1. The summed E-state index contributed by atoms with van der Waals surface area (Å²) >= 11 is 3.34. The van der Waals surface area contributed by atoms with Crippen molar-refractivity contribution in [2.24, 2.45) is 0 Å². The van der Waals surface area contributed by atoms with Crippen LogP contribution in [0.25, 0.3) is 0 Å². The van der Waals surface area contributed by atoms with Crippen molar-refractivity contribution >= 4 is 15.9 Å². The molecule has 0 spiro atoms. The van der Waals surface area contributed by atoms with Crippen LogP contribution in [-0.2, 0) is 11.8 Å². The van der Waals surface area contributed by atoms with Crippen LogP contribution in [0.4, 0.5) is 4.39 Å². The van der Waals surface area contributed by atoms with Gasteiger partial charge in [0.05, 0.1) is 0 Å². The smallest absolute Gasteiger partial charge is 0.126 e. The largest absolute Gasteiger partial charge is 0.207 e. The van der Waals surface area contributed by atoms with E-state index in [0.29, 0.717) is 0 Å². The molecule has 1 aromatic carbocycles. The zero-order valence-corrected chi connectivity index (χ0v) is 8.70. The Kier molecular flexibility index (Phi) is 3.73. The van der Waals surface area contributed by atoms with Crippen molar-refractivity contribution in [2.45, 2.75) is 25.1 Å². The highest BCUT2D eigenvalue weighted by atomic mass is 79.9. The monoisotopic (exact) mass is 230 g/mol. The summed E-state index contributed by atoms with van der Waals surface area (Å²) < 4.78 is 13.1. The average Bonchev–Trinajstić information content (AvgIpc) is 2.09. The highest BCUT2D eigenvalue weighted by molar-refractivity contribution is 9.08. The molecule has 0 bridgehead atoms. The van der Waals surface area contributed by atoms with E-state index in [1.54, 1.807) is 6.07 Å². The summed E-state index contributed by atoms with van der Waals surface area (Å²) in [6.45, 7) is 2.06. The van der Waals surface area contributed by atoms with E-state index in [0.717, 1.165) is 29.3 Å². The maximum Gasteiger partial charge on any atom is 0.126 e. The lowest BCUT2D eigenvalue weighted by Gasteiger charge is -2.02. The highest BCUT2D eigenvalue weighted by Gasteiger charge is 2.01.